The average molecular weight is 383 g/mol. The molecular weight excluding hydrogens is 362 g/mol. The first-order valence-corrected chi connectivity index (χ1v) is 9.23. The van der Waals surface area contributed by atoms with Crippen molar-refractivity contribution < 1.29 is 14.3 Å². The summed E-state index contributed by atoms with van der Waals surface area (Å²) in [4.78, 5) is 17.7. The number of benzene rings is 2. The van der Waals surface area contributed by atoms with Gasteiger partial charge in [-0.25, -0.2) is 4.98 Å². The standard InChI is InChI=1S/C20H21N3O3S/c1-12(19(24)22-15-6-10-16(25-3)11-7-15)26-17-8-4-14(5-9-17)18-13(2)27-20(21)23-18/h4-12H,1-3H3,(H2,21,23)(H,22,24). The van der Waals surface area contributed by atoms with Crippen molar-refractivity contribution >= 4 is 28.1 Å². The summed E-state index contributed by atoms with van der Waals surface area (Å²) in [6.07, 6.45) is -0.644. The van der Waals surface area contributed by atoms with Gasteiger partial charge < -0.3 is 20.5 Å². The highest BCUT2D eigenvalue weighted by Crippen LogP contribution is 2.30. The quantitative estimate of drug-likeness (QED) is 0.669. The summed E-state index contributed by atoms with van der Waals surface area (Å²) < 4.78 is 10.8. The van der Waals surface area contributed by atoms with Crippen LogP contribution < -0.4 is 20.5 Å². The van der Waals surface area contributed by atoms with Crippen molar-refractivity contribution in [2.24, 2.45) is 0 Å². The van der Waals surface area contributed by atoms with Crippen LogP contribution in [-0.2, 0) is 4.79 Å². The number of anilines is 2. The minimum atomic E-state index is -0.644. The average Bonchev–Trinajstić information content (AvgIpc) is 3.01. The molecular formula is C20H21N3O3S. The lowest BCUT2D eigenvalue weighted by Crippen LogP contribution is -2.30. The van der Waals surface area contributed by atoms with Gasteiger partial charge in [0.25, 0.3) is 5.91 Å². The fraction of sp³-hybridized carbons (Fsp3) is 0.200. The molecule has 1 atom stereocenters. The van der Waals surface area contributed by atoms with Crippen LogP contribution in [-0.4, -0.2) is 24.1 Å². The number of aromatic nitrogens is 1. The number of ether oxygens (including phenoxy) is 2. The molecule has 0 aliphatic heterocycles. The Kier molecular flexibility index (Phi) is 5.61. The summed E-state index contributed by atoms with van der Waals surface area (Å²) >= 11 is 1.46. The van der Waals surface area contributed by atoms with Gasteiger partial charge in [0.15, 0.2) is 11.2 Å². The number of amides is 1. The molecule has 0 aliphatic rings. The lowest BCUT2D eigenvalue weighted by atomic mass is 10.1. The SMILES string of the molecule is COc1ccc(NC(=O)C(C)Oc2ccc(-c3nc(N)sc3C)cc2)cc1. The maximum atomic E-state index is 12.3. The Morgan fingerprint density at radius 1 is 1.11 bits per heavy atom. The first-order valence-electron chi connectivity index (χ1n) is 8.41. The third kappa shape index (κ3) is 4.57. The zero-order valence-electron chi connectivity index (χ0n) is 15.4. The number of hydrogen-bond donors (Lipinski definition) is 2. The molecule has 0 radical (unpaired) electrons. The summed E-state index contributed by atoms with van der Waals surface area (Å²) in [5.74, 6) is 1.11. The number of nitrogens with two attached hydrogens (primary N) is 1. The van der Waals surface area contributed by atoms with E-state index in [4.69, 9.17) is 15.2 Å². The number of aryl methyl sites for hydroxylation is 1. The van der Waals surface area contributed by atoms with Gasteiger partial charge in [0.05, 0.1) is 12.8 Å². The molecule has 7 heteroatoms. The predicted octanol–water partition coefficient (Wildman–Crippen LogP) is 4.12. The van der Waals surface area contributed by atoms with Gasteiger partial charge in [0, 0.05) is 16.1 Å². The van der Waals surface area contributed by atoms with Gasteiger partial charge in [-0.05, 0) is 62.4 Å². The van der Waals surface area contributed by atoms with E-state index in [1.807, 2.05) is 31.2 Å². The Morgan fingerprint density at radius 3 is 2.30 bits per heavy atom. The number of hydrogen-bond acceptors (Lipinski definition) is 6. The van der Waals surface area contributed by atoms with Gasteiger partial charge in [0.2, 0.25) is 0 Å². The van der Waals surface area contributed by atoms with Crippen molar-refractivity contribution in [1.82, 2.24) is 4.98 Å². The largest absolute Gasteiger partial charge is 0.497 e. The second kappa shape index (κ2) is 8.09. The molecule has 0 spiro atoms. The summed E-state index contributed by atoms with van der Waals surface area (Å²) in [5.41, 5.74) is 8.27. The summed E-state index contributed by atoms with van der Waals surface area (Å²) in [6.45, 7) is 3.69. The maximum absolute atomic E-state index is 12.3. The van der Waals surface area contributed by atoms with Crippen LogP contribution in [0.3, 0.4) is 0 Å². The Balaban J connectivity index is 1.62. The number of thiazole rings is 1. The van der Waals surface area contributed by atoms with E-state index in [1.54, 1.807) is 38.3 Å². The van der Waals surface area contributed by atoms with Crippen LogP contribution in [0.25, 0.3) is 11.3 Å². The fourth-order valence-electron chi connectivity index (χ4n) is 2.55. The first kappa shape index (κ1) is 18.7. The van der Waals surface area contributed by atoms with Crippen LogP contribution in [0, 0.1) is 6.92 Å². The van der Waals surface area contributed by atoms with Crippen molar-refractivity contribution in [2.45, 2.75) is 20.0 Å². The van der Waals surface area contributed by atoms with Crippen LogP contribution in [0.4, 0.5) is 10.8 Å². The molecule has 0 saturated heterocycles. The Bertz CT molecular complexity index is 921. The first-order chi connectivity index (χ1) is 13.0. The molecule has 0 bridgehead atoms. The van der Waals surface area contributed by atoms with E-state index in [-0.39, 0.29) is 5.91 Å². The van der Waals surface area contributed by atoms with E-state index >= 15 is 0 Å². The van der Waals surface area contributed by atoms with Gasteiger partial charge >= 0.3 is 0 Å². The van der Waals surface area contributed by atoms with Crippen molar-refractivity contribution in [3.8, 4) is 22.8 Å². The normalized spacial score (nSPS) is 11.7. The smallest absolute Gasteiger partial charge is 0.265 e. The van der Waals surface area contributed by atoms with E-state index in [0.717, 1.165) is 21.9 Å². The lowest BCUT2D eigenvalue weighted by Gasteiger charge is -2.15. The highest BCUT2D eigenvalue weighted by molar-refractivity contribution is 7.15. The van der Waals surface area contributed by atoms with E-state index < -0.39 is 6.10 Å². The molecule has 1 heterocycles. The van der Waals surface area contributed by atoms with E-state index in [1.165, 1.54) is 11.3 Å². The molecule has 6 nitrogen and oxygen atoms in total. The molecule has 3 rings (SSSR count). The predicted molar refractivity (Wildman–Crippen MR) is 108 cm³/mol. The van der Waals surface area contributed by atoms with Crippen LogP contribution in [0.15, 0.2) is 48.5 Å². The number of nitrogens with one attached hydrogen (secondary N) is 1. The molecule has 0 saturated carbocycles. The zero-order valence-corrected chi connectivity index (χ0v) is 16.2. The Labute approximate surface area is 162 Å². The van der Waals surface area contributed by atoms with Crippen molar-refractivity contribution in [2.75, 3.05) is 18.2 Å². The monoisotopic (exact) mass is 383 g/mol. The number of rotatable bonds is 6. The minimum absolute atomic E-state index is 0.229. The van der Waals surface area contributed by atoms with Crippen molar-refractivity contribution in [1.29, 1.82) is 0 Å². The fourth-order valence-corrected chi connectivity index (χ4v) is 3.26. The van der Waals surface area contributed by atoms with Crippen LogP contribution in [0.5, 0.6) is 11.5 Å². The van der Waals surface area contributed by atoms with Crippen molar-refractivity contribution in [3.05, 3.63) is 53.4 Å². The van der Waals surface area contributed by atoms with E-state index in [9.17, 15) is 4.79 Å². The van der Waals surface area contributed by atoms with Gasteiger partial charge in [-0.3, -0.25) is 4.79 Å². The number of carbonyl (C=O) groups excluding carboxylic acids is 1. The topological polar surface area (TPSA) is 86.5 Å². The maximum Gasteiger partial charge on any atom is 0.265 e. The molecule has 2 aromatic carbocycles. The van der Waals surface area contributed by atoms with E-state index in [0.29, 0.717) is 16.6 Å². The van der Waals surface area contributed by atoms with Crippen molar-refractivity contribution in [3.63, 3.8) is 0 Å². The summed E-state index contributed by atoms with van der Waals surface area (Å²) in [5, 5.41) is 3.37. The van der Waals surface area contributed by atoms with Crippen LogP contribution in [0.2, 0.25) is 0 Å². The molecule has 140 valence electrons. The number of nitrogens with zero attached hydrogens (tertiary/aromatic N) is 1. The van der Waals surface area contributed by atoms with Crippen LogP contribution >= 0.6 is 11.3 Å². The van der Waals surface area contributed by atoms with Gasteiger partial charge in [-0.2, -0.15) is 0 Å². The van der Waals surface area contributed by atoms with Gasteiger partial charge in [0.1, 0.15) is 11.5 Å². The number of methoxy groups -OCH3 is 1. The lowest BCUT2D eigenvalue weighted by molar-refractivity contribution is -0.122. The third-order valence-corrected chi connectivity index (χ3v) is 4.78. The summed E-state index contributed by atoms with van der Waals surface area (Å²) in [7, 11) is 1.60. The minimum Gasteiger partial charge on any atom is -0.497 e. The molecule has 1 amide bonds. The third-order valence-electron chi connectivity index (χ3n) is 3.98. The highest BCUT2D eigenvalue weighted by Gasteiger charge is 2.15. The zero-order chi connectivity index (χ0) is 19.4. The second-order valence-corrected chi connectivity index (χ2v) is 7.19. The Hall–Kier alpha value is -3.06. The second-order valence-electron chi connectivity index (χ2n) is 5.96. The molecule has 1 unspecified atom stereocenters. The number of nitrogen functional groups attached to an aromatic ring is 1. The van der Waals surface area contributed by atoms with Crippen LogP contribution in [0.1, 0.15) is 11.8 Å². The molecule has 1 aromatic heterocycles. The molecule has 27 heavy (non-hydrogen) atoms. The van der Waals surface area contributed by atoms with Gasteiger partial charge in [-0.1, -0.05) is 0 Å². The van der Waals surface area contributed by atoms with Gasteiger partial charge in [-0.15, -0.1) is 11.3 Å². The molecule has 3 N–H and O–H groups in total. The Morgan fingerprint density at radius 2 is 1.74 bits per heavy atom. The molecule has 3 aromatic rings. The number of carbonyl (C=O) groups is 1. The molecule has 0 aliphatic carbocycles. The summed E-state index contributed by atoms with van der Waals surface area (Å²) in [6, 6.07) is 14.6. The molecule has 0 fully saturated rings. The van der Waals surface area contributed by atoms with E-state index in [2.05, 4.69) is 10.3 Å². The highest BCUT2D eigenvalue weighted by atomic mass is 32.1.